The van der Waals surface area contributed by atoms with Crippen molar-refractivity contribution in [2.75, 3.05) is 20.2 Å². The second kappa shape index (κ2) is 6.40. The molecule has 1 aromatic carbocycles. The molecule has 0 aliphatic carbocycles. The first-order valence-electron chi connectivity index (χ1n) is 6.39. The van der Waals surface area contributed by atoms with E-state index in [4.69, 9.17) is 4.74 Å². The fourth-order valence-electron chi connectivity index (χ4n) is 2.21. The molecule has 0 aromatic heterocycles. The third kappa shape index (κ3) is 3.47. The molecule has 1 aliphatic rings. The predicted molar refractivity (Wildman–Crippen MR) is 70.2 cm³/mol. The summed E-state index contributed by atoms with van der Waals surface area (Å²) in [5.74, 6) is 0. The molecule has 1 heterocycles. The van der Waals surface area contributed by atoms with Crippen LogP contribution in [0.1, 0.15) is 24.0 Å². The molecule has 18 heavy (non-hydrogen) atoms. The van der Waals surface area contributed by atoms with Crippen LogP contribution >= 0.6 is 0 Å². The summed E-state index contributed by atoms with van der Waals surface area (Å²) >= 11 is 0. The van der Waals surface area contributed by atoms with Crippen LogP contribution in [-0.4, -0.2) is 31.1 Å². The maximum absolute atomic E-state index is 11.8. The van der Waals surface area contributed by atoms with Crippen molar-refractivity contribution in [1.29, 1.82) is 0 Å². The van der Waals surface area contributed by atoms with Crippen molar-refractivity contribution in [3.8, 4) is 0 Å². The van der Waals surface area contributed by atoms with Crippen molar-refractivity contribution >= 4 is 6.03 Å². The summed E-state index contributed by atoms with van der Waals surface area (Å²) in [6, 6.07) is 8.14. The predicted octanol–water partition coefficient (Wildman–Crippen LogP) is 2.14. The number of hydrogen-bond donors (Lipinski definition) is 1. The van der Waals surface area contributed by atoms with Gasteiger partial charge in [0.05, 0.1) is 6.61 Å². The van der Waals surface area contributed by atoms with Gasteiger partial charge in [-0.1, -0.05) is 24.3 Å². The molecule has 1 fully saturated rings. The SMILES string of the molecule is COCc1cccc(CNC(=O)N2CCCC2)c1. The molecular formula is C14H20N2O2. The molecule has 1 saturated heterocycles. The van der Waals surface area contributed by atoms with Crippen LogP contribution < -0.4 is 5.32 Å². The maximum Gasteiger partial charge on any atom is 0.317 e. The summed E-state index contributed by atoms with van der Waals surface area (Å²) in [6.45, 7) is 2.95. The van der Waals surface area contributed by atoms with Gasteiger partial charge in [-0.3, -0.25) is 0 Å². The standard InChI is InChI=1S/C14H20N2O2/c1-18-11-13-6-4-5-12(9-13)10-15-14(17)16-7-2-3-8-16/h4-6,9H,2-3,7-8,10-11H2,1H3,(H,15,17). The Labute approximate surface area is 108 Å². The summed E-state index contributed by atoms with van der Waals surface area (Å²) in [4.78, 5) is 13.7. The number of likely N-dealkylation sites (tertiary alicyclic amines) is 1. The first-order chi connectivity index (χ1) is 8.79. The van der Waals surface area contributed by atoms with Gasteiger partial charge in [0.2, 0.25) is 0 Å². The fourth-order valence-corrected chi connectivity index (χ4v) is 2.21. The first kappa shape index (κ1) is 12.9. The molecule has 0 spiro atoms. The van der Waals surface area contributed by atoms with Gasteiger partial charge in [0.1, 0.15) is 0 Å². The van der Waals surface area contributed by atoms with E-state index in [1.165, 1.54) is 0 Å². The molecule has 0 unspecified atom stereocenters. The molecule has 1 aromatic rings. The summed E-state index contributed by atoms with van der Waals surface area (Å²) in [7, 11) is 1.68. The summed E-state index contributed by atoms with van der Waals surface area (Å²) in [5.41, 5.74) is 2.24. The highest BCUT2D eigenvalue weighted by molar-refractivity contribution is 5.74. The van der Waals surface area contributed by atoms with Crippen LogP contribution in [0.5, 0.6) is 0 Å². The number of carbonyl (C=O) groups is 1. The van der Waals surface area contributed by atoms with Crippen molar-refractivity contribution in [1.82, 2.24) is 10.2 Å². The highest BCUT2D eigenvalue weighted by atomic mass is 16.5. The Balaban J connectivity index is 1.85. The molecule has 1 N–H and O–H groups in total. The Hall–Kier alpha value is -1.55. The third-order valence-corrected chi connectivity index (χ3v) is 3.14. The third-order valence-electron chi connectivity index (χ3n) is 3.14. The minimum absolute atomic E-state index is 0.0460. The molecule has 4 heteroatoms. The Morgan fingerprint density at radius 2 is 2.06 bits per heavy atom. The van der Waals surface area contributed by atoms with Crippen LogP contribution in [0.3, 0.4) is 0 Å². The normalized spacial score (nSPS) is 14.8. The Bertz CT molecular complexity index is 401. The van der Waals surface area contributed by atoms with Crippen LogP contribution in [0.4, 0.5) is 4.79 Å². The molecule has 0 atom stereocenters. The van der Waals surface area contributed by atoms with Gasteiger partial charge in [-0.15, -0.1) is 0 Å². The zero-order valence-electron chi connectivity index (χ0n) is 10.8. The summed E-state index contributed by atoms with van der Waals surface area (Å²) in [5, 5.41) is 2.96. The number of amides is 2. The highest BCUT2D eigenvalue weighted by Crippen LogP contribution is 2.09. The van der Waals surface area contributed by atoms with Crippen LogP contribution in [-0.2, 0) is 17.9 Å². The largest absolute Gasteiger partial charge is 0.380 e. The number of hydrogen-bond acceptors (Lipinski definition) is 2. The van der Waals surface area contributed by atoms with E-state index in [1.54, 1.807) is 7.11 Å². The lowest BCUT2D eigenvalue weighted by Crippen LogP contribution is -2.37. The number of nitrogens with one attached hydrogen (secondary N) is 1. The van der Waals surface area contributed by atoms with E-state index < -0.39 is 0 Å². The van der Waals surface area contributed by atoms with Gasteiger partial charge in [0.25, 0.3) is 0 Å². The average Bonchev–Trinajstić information content (AvgIpc) is 2.91. The van der Waals surface area contributed by atoms with Gasteiger partial charge in [-0.05, 0) is 24.0 Å². The van der Waals surface area contributed by atoms with E-state index in [-0.39, 0.29) is 6.03 Å². The fraction of sp³-hybridized carbons (Fsp3) is 0.500. The second-order valence-corrected chi connectivity index (χ2v) is 4.61. The van der Waals surface area contributed by atoms with Gasteiger partial charge >= 0.3 is 6.03 Å². The number of ether oxygens (including phenoxy) is 1. The van der Waals surface area contributed by atoms with Crippen molar-refractivity contribution in [2.45, 2.75) is 26.0 Å². The van der Waals surface area contributed by atoms with Gasteiger partial charge in [0, 0.05) is 26.7 Å². The molecule has 0 saturated carbocycles. The summed E-state index contributed by atoms with van der Waals surface area (Å²) in [6.07, 6.45) is 2.24. The Morgan fingerprint density at radius 1 is 1.33 bits per heavy atom. The Morgan fingerprint density at radius 3 is 2.78 bits per heavy atom. The van der Waals surface area contributed by atoms with E-state index in [2.05, 4.69) is 11.4 Å². The molecule has 2 amide bonds. The van der Waals surface area contributed by atoms with Gasteiger partial charge < -0.3 is 15.0 Å². The quantitative estimate of drug-likeness (QED) is 0.887. The van der Waals surface area contributed by atoms with E-state index in [1.807, 2.05) is 23.1 Å². The second-order valence-electron chi connectivity index (χ2n) is 4.61. The van der Waals surface area contributed by atoms with Crippen molar-refractivity contribution in [3.63, 3.8) is 0 Å². The van der Waals surface area contributed by atoms with Gasteiger partial charge in [0.15, 0.2) is 0 Å². The number of benzene rings is 1. The number of urea groups is 1. The van der Waals surface area contributed by atoms with E-state index in [0.717, 1.165) is 37.1 Å². The van der Waals surface area contributed by atoms with Crippen LogP contribution in [0.2, 0.25) is 0 Å². The number of rotatable bonds is 4. The lowest BCUT2D eigenvalue weighted by molar-refractivity contribution is 0.185. The molecule has 4 nitrogen and oxygen atoms in total. The minimum Gasteiger partial charge on any atom is -0.380 e. The van der Waals surface area contributed by atoms with Crippen LogP contribution in [0.15, 0.2) is 24.3 Å². The molecule has 0 bridgehead atoms. The molecular weight excluding hydrogens is 228 g/mol. The summed E-state index contributed by atoms with van der Waals surface area (Å²) < 4.78 is 5.09. The number of methoxy groups -OCH3 is 1. The van der Waals surface area contributed by atoms with Gasteiger partial charge in [-0.2, -0.15) is 0 Å². The van der Waals surface area contributed by atoms with Crippen LogP contribution in [0.25, 0.3) is 0 Å². The van der Waals surface area contributed by atoms with E-state index in [0.29, 0.717) is 13.2 Å². The molecule has 2 rings (SSSR count). The zero-order chi connectivity index (χ0) is 12.8. The minimum atomic E-state index is 0.0460. The number of carbonyl (C=O) groups excluding carboxylic acids is 1. The smallest absolute Gasteiger partial charge is 0.317 e. The van der Waals surface area contributed by atoms with Crippen molar-refractivity contribution in [2.24, 2.45) is 0 Å². The molecule has 0 radical (unpaired) electrons. The van der Waals surface area contributed by atoms with Gasteiger partial charge in [-0.25, -0.2) is 4.79 Å². The lowest BCUT2D eigenvalue weighted by atomic mass is 10.1. The van der Waals surface area contributed by atoms with Crippen molar-refractivity contribution < 1.29 is 9.53 Å². The van der Waals surface area contributed by atoms with E-state index in [9.17, 15) is 4.79 Å². The maximum atomic E-state index is 11.8. The van der Waals surface area contributed by atoms with E-state index >= 15 is 0 Å². The zero-order valence-corrected chi connectivity index (χ0v) is 10.8. The average molecular weight is 248 g/mol. The number of nitrogens with zero attached hydrogens (tertiary/aromatic N) is 1. The highest BCUT2D eigenvalue weighted by Gasteiger charge is 2.16. The van der Waals surface area contributed by atoms with Crippen molar-refractivity contribution in [3.05, 3.63) is 35.4 Å². The van der Waals surface area contributed by atoms with Crippen LogP contribution in [0, 0.1) is 0 Å². The molecule has 98 valence electrons. The lowest BCUT2D eigenvalue weighted by Gasteiger charge is -2.16. The monoisotopic (exact) mass is 248 g/mol. The first-order valence-corrected chi connectivity index (χ1v) is 6.39. The topological polar surface area (TPSA) is 41.6 Å². The Kier molecular flexibility index (Phi) is 4.59. The molecule has 1 aliphatic heterocycles.